The molecule has 0 aromatic heterocycles. The summed E-state index contributed by atoms with van der Waals surface area (Å²) < 4.78 is 28.7. The van der Waals surface area contributed by atoms with Gasteiger partial charge in [0.15, 0.2) is 0 Å². The standard InChI is InChI=1S/C30H35Cl2N3O4S/c1-5-27(30(37)33-18-21(2)3)34(19-23-11-9-10-22(4)16-23)29(36)20-35(28-17-24(31)14-15-26(28)32)40(38,39)25-12-7-6-8-13-25/h6-17,21,27H,5,18-20H2,1-4H3,(H,33,37)/t27-/m1/s1. The van der Waals surface area contributed by atoms with Crippen LogP contribution < -0.4 is 9.62 Å². The molecule has 1 atom stereocenters. The highest BCUT2D eigenvalue weighted by molar-refractivity contribution is 7.92. The number of halogens is 2. The Kier molecular flexibility index (Phi) is 11.0. The number of hydrogen-bond acceptors (Lipinski definition) is 4. The number of carbonyl (C=O) groups excluding carboxylic acids is 2. The van der Waals surface area contributed by atoms with E-state index in [1.807, 2.05) is 52.0 Å². The largest absolute Gasteiger partial charge is 0.354 e. The molecule has 0 aliphatic rings. The van der Waals surface area contributed by atoms with Gasteiger partial charge < -0.3 is 10.2 Å². The quantitative estimate of drug-likeness (QED) is 0.272. The van der Waals surface area contributed by atoms with Crippen molar-refractivity contribution in [1.29, 1.82) is 0 Å². The van der Waals surface area contributed by atoms with Crippen molar-refractivity contribution in [3.63, 3.8) is 0 Å². The van der Waals surface area contributed by atoms with Crippen molar-refractivity contribution in [3.05, 3.63) is 94.0 Å². The molecule has 7 nitrogen and oxygen atoms in total. The molecule has 40 heavy (non-hydrogen) atoms. The number of nitrogens with zero attached hydrogens (tertiary/aromatic N) is 2. The fourth-order valence-electron chi connectivity index (χ4n) is 4.26. The van der Waals surface area contributed by atoms with E-state index in [9.17, 15) is 18.0 Å². The highest BCUT2D eigenvalue weighted by Crippen LogP contribution is 2.33. The zero-order chi connectivity index (χ0) is 29.4. The van der Waals surface area contributed by atoms with Gasteiger partial charge in [0.05, 0.1) is 15.6 Å². The lowest BCUT2D eigenvalue weighted by molar-refractivity contribution is -0.140. The Morgan fingerprint density at radius 3 is 2.27 bits per heavy atom. The number of sulfonamides is 1. The Hall–Kier alpha value is -3.07. The first-order valence-corrected chi connectivity index (χ1v) is 15.3. The Labute approximate surface area is 247 Å². The average Bonchev–Trinajstić information content (AvgIpc) is 2.92. The number of amides is 2. The highest BCUT2D eigenvalue weighted by Gasteiger charge is 2.34. The van der Waals surface area contributed by atoms with E-state index in [0.717, 1.165) is 15.4 Å². The van der Waals surface area contributed by atoms with Gasteiger partial charge in [0, 0.05) is 18.1 Å². The zero-order valence-corrected chi connectivity index (χ0v) is 25.4. The Morgan fingerprint density at radius 1 is 0.950 bits per heavy atom. The topological polar surface area (TPSA) is 86.8 Å². The third kappa shape index (κ3) is 7.99. The van der Waals surface area contributed by atoms with Gasteiger partial charge in [0.2, 0.25) is 11.8 Å². The number of rotatable bonds is 12. The third-order valence-electron chi connectivity index (χ3n) is 6.29. The summed E-state index contributed by atoms with van der Waals surface area (Å²) in [5.41, 5.74) is 1.89. The van der Waals surface area contributed by atoms with Crippen molar-refractivity contribution >= 4 is 50.7 Å². The zero-order valence-electron chi connectivity index (χ0n) is 23.1. The molecule has 0 spiro atoms. The van der Waals surface area contributed by atoms with Crippen molar-refractivity contribution in [2.45, 2.75) is 51.6 Å². The van der Waals surface area contributed by atoms with E-state index < -0.39 is 28.5 Å². The molecule has 10 heteroatoms. The number of aryl methyl sites for hydroxylation is 1. The van der Waals surface area contributed by atoms with Crippen LogP contribution in [0.3, 0.4) is 0 Å². The lowest BCUT2D eigenvalue weighted by atomic mass is 10.1. The first kappa shape index (κ1) is 31.5. The summed E-state index contributed by atoms with van der Waals surface area (Å²) in [4.78, 5) is 28.8. The van der Waals surface area contributed by atoms with Crippen LogP contribution in [0.5, 0.6) is 0 Å². The first-order valence-electron chi connectivity index (χ1n) is 13.1. The van der Waals surface area contributed by atoms with E-state index >= 15 is 0 Å². The Morgan fingerprint density at radius 2 is 1.65 bits per heavy atom. The van der Waals surface area contributed by atoms with E-state index in [2.05, 4.69) is 5.32 Å². The Bertz CT molecular complexity index is 1430. The molecule has 3 rings (SSSR count). The normalized spacial score (nSPS) is 12.2. The molecule has 0 saturated carbocycles. The fraction of sp³-hybridized carbons (Fsp3) is 0.333. The number of benzene rings is 3. The second kappa shape index (κ2) is 14.0. The molecular weight excluding hydrogens is 569 g/mol. The molecule has 1 N–H and O–H groups in total. The van der Waals surface area contributed by atoms with E-state index in [0.29, 0.717) is 13.0 Å². The molecule has 0 fully saturated rings. The third-order valence-corrected chi connectivity index (χ3v) is 8.62. The van der Waals surface area contributed by atoms with Crippen molar-refractivity contribution in [3.8, 4) is 0 Å². The highest BCUT2D eigenvalue weighted by atomic mass is 35.5. The van der Waals surface area contributed by atoms with Crippen LogP contribution in [0.2, 0.25) is 10.0 Å². The van der Waals surface area contributed by atoms with E-state index in [4.69, 9.17) is 23.2 Å². The molecule has 0 bridgehead atoms. The van der Waals surface area contributed by atoms with Crippen LogP contribution in [-0.4, -0.2) is 44.3 Å². The van der Waals surface area contributed by atoms with Crippen molar-refractivity contribution in [2.24, 2.45) is 5.92 Å². The van der Waals surface area contributed by atoms with Crippen LogP contribution in [0.4, 0.5) is 5.69 Å². The maximum atomic E-state index is 14.1. The number of anilines is 1. The predicted molar refractivity (Wildman–Crippen MR) is 161 cm³/mol. The molecule has 0 saturated heterocycles. The summed E-state index contributed by atoms with van der Waals surface area (Å²) in [5.74, 6) is -0.627. The smallest absolute Gasteiger partial charge is 0.264 e. The van der Waals surface area contributed by atoms with Crippen molar-refractivity contribution in [1.82, 2.24) is 10.2 Å². The first-order chi connectivity index (χ1) is 18.9. The summed E-state index contributed by atoms with van der Waals surface area (Å²) in [6.45, 7) is 7.72. The van der Waals surface area contributed by atoms with E-state index in [-0.39, 0.29) is 39.0 Å². The molecular formula is C30H35Cl2N3O4S. The minimum Gasteiger partial charge on any atom is -0.354 e. The molecule has 214 valence electrons. The molecule has 3 aromatic rings. The van der Waals surface area contributed by atoms with Gasteiger partial charge in [0.1, 0.15) is 12.6 Å². The van der Waals surface area contributed by atoms with Crippen LogP contribution in [0.1, 0.15) is 38.3 Å². The van der Waals surface area contributed by atoms with Crippen LogP contribution in [0.15, 0.2) is 77.7 Å². The summed E-state index contributed by atoms with van der Waals surface area (Å²) in [6, 6.07) is 19.0. The lowest BCUT2D eigenvalue weighted by Gasteiger charge is -2.33. The summed E-state index contributed by atoms with van der Waals surface area (Å²) >= 11 is 12.7. The second-order valence-electron chi connectivity index (χ2n) is 9.99. The molecule has 0 heterocycles. The lowest BCUT2D eigenvalue weighted by Crippen LogP contribution is -2.52. The number of nitrogens with one attached hydrogen (secondary N) is 1. The maximum Gasteiger partial charge on any atom is 0.264 e. The fourth-order valence-corrected chi connectivity index (χ4v) is 6.14. The second-order valence-corrected chi connectivity index (χ2v) is 12.7. The number of carbonyl (C=O) groups is 2. The SMILES string of the molecule is CC[C@H](C(=O)NCC(C)C)N(Cc1cccc(C)c1)C(=O)CN(c1cc(Cl)ccc1Cl)S(=O)(=O)c1ccccc1. The van der Waals surface area contributed by atoms with Crippen molar-refractivity contribution < 1.29 is 18.0 Å². The molecule has 0 unspecified atom stereocenters. The molecule has 0 aliphatic heterocycles. The summed E-state index contributed by atoms with van der Waals surface area (Å²) in [7, 11) is -4.23. The van der Waals surface area contributed by atoms with Gasteiger partial charge in [-0.15, -0.1) is 0 Å². The van der Waals surface area contributed by atoms with Gasteiger partial charge in [0.25, 0.3) is 10.0 Å². The van der Waals surface area contributed by atoms with Crippen LogP contribution in [0, 0.1) is 12.8 Å². The minimum absolute atomic E-state index is 0.00852. The van der Waals surface area contributed by atoms with Gasteiger partial charge in [-0.2, -0.15) is 0 Å². The van der Waals surface area contributed by atoms with E-state index in [1.54, 1.807) is 24.3 Å². The van der Waals surface area contributed by atoms with Gasteiger partial charge in [-0.05, 0) is 55.2 Å². The summed E-state index contributed by atoms with van der Waals surface area (Å²) in [5, 5.41) is 3.29. The maximum absolute atomic E-state index is 14.1. The van der Waals surface area contributed by atoms with Gasteiger partial charge in [-0.25, -0.2) is 8.42 Å². The van der Waals surface area contributed by atoms with Gasteiger partial charge in [-0.3, -0.25) is 13.9 Å². The molecule has 0 aliphatic carbocycles. The van der Waals surface area contributed by atoms with Crippen LogP contribution in [0.25, 0.3) is 0 Å². The average molecular weight is 605 g/mol. The van der Waals surface area contributed by atoms with Crippen LogP contribution in [-0.2, 0) is 26.2 Å². The molecule has 3 aromatic carbocycles. The monoisotopic (exact) mass is 603 g/mol. The van der Waals surface area contributed by atoms with Crippen LogP contribution >= 0.6 is 23.2 Å². The summed E-state index contributed by atoms with van der Waals surface area (Å²) in [6.07, 6.45) is 0.338. The predicted octanol–water partition coefficient (Wildman–Crippen LogP) is 6.08. The molecule has 2 amide bonds. The van der Waals surface area contributed by atoms with E-state index in [1.165, 1.54) is 29.2 Å². The van der Waals surface area contributed by atoms with Gasteiger partial charge in [-0.1, -0.05) is 92.0 Å². The number of hydrogen-bond donors (Lipinski definition) is 1. The minimum atomic E-state index is -4.23. The Balaban J connectivity index is 2.08. The van der Waals surface area contributed by atoms with Crippen molar-refractivity contribution in [2.75, 3.05) is 17.4 Å². The van der Waals surface area contributed by atoms with Gasteiger partial charge >= 0.3 is 0 Å². The molecule has 0 radical (unpaired) electrons.